The standard InChI is InChI=1S/C15H20N2O4S/c1-21-14-10-12(8-9-13(14)17-22(2,19)20)16-15(18)11-6-4-3-5-7-11/h3-4,8-11,17H,5-7H2,1-2H3,(H,16,18)/t11-/m1/s1. The van der Waals surface area contributed by atoms with Gasteiger partial charge in [-0.3, -0.25) is 9.52 Å². The van der Waals surface area contributed by atoms with E-state index in [0.29, 0.717) is 17.1 Å². The predicted octanol–water partition coefficient (Wildman–Crippen LogP) is 2.36. The summed E-state index contributed by atoms with van der Waals surface area (Å²) in [5.41, 5.74) is 0.916. The molecule has 7 heteroatoms. The van der Waals surface area contributed by atoms with Crippen molar-refractivity contribution in [3.05, 3.63) is 30.4 Å². The third kappa shape index (κ3) is 4.49. The van der Waals surface area contributed by atoms with Crippen LogP contribution in [-0.4, -0.2) is 27.7 Å². The van der Waals surface area contributed by atoms with Gasteiger partial charge in [-0.05, 0) is 31.4 Å². The van der Waals surface area contributed by atoms with Crippen LogP contribution < -0.4 is 14.8 Å². The molecule has 1 aromatic carbocycles. The van der Waals surface area contributed by atoms with E-state index in [1.807, 2.05) is 6.08 Å². The highest BCUT2D eigenvalue weighted by Crippen LogP contribution is 2.29. The molecule has 6 nitrogen and oxygen atoms in total. The summed E-state index contributed by atoms with van der Waals surface area (Å²) in [7, 11) is -1.94. The number of ether oxygens (including phenoxy) is 1. The van der Waals surface area contributed by atoms with Crippen molar-refractivity contribution in [3.8, 4) is 5.75 Å². The lowest BCUT2D eigenvalue weighted by Crippen LogP contribution is -2.23. The lowest BCUT2D eigenvalue weighted by molar-refractivity contribution is -0.120. The number of benzene rings is 1. The molecule has 2 rings (SSSR count). The molecule has 1 aliphatic carbocycles. The molecule has 0 unspecified atom stereocenters. The molecule has 1 amide bonds. The van der Waals surface area contributed by atoms with Gasteiger partial charge in [0.25, 0.3) is 0 Å². The maximum atomic E-state index is 12.2. The van der Waals surface area contributed by atoms with E-state index in [0.717, 1.165) is 25.5 Å². The number of hydrogen-bond donors (Lipinski definition) is 2. The first-order valence-electron chi connectivity index (χ1n) is 7.01. The van der Waals surface area contributed by atoms with Gasteiger partial charge in [-0.25, -0.2) is 8.42 Å². The first-order chi connectivity index (χ1) is 10.4. The first-order valence-corrected chi connectivity index (χ1v) is 8.90. The highest BCUT2D eigenvalue weighted by Gasteiger charge is 2.19. The number of allylic oxidation sites excluding steroid dienone is 2. The second-order valence-corrected chi connectivity index (χ2v) is 7.01. The minimum absolute atomic E-state index is 0.0233. The topological polar surface area (TPSA) is 84.5 Å². The molecular weight excluding hydrogens is 304 g/mol. The number of nitrogens with one attached hydrogen (secondary N) is 2. The van der Waals surface area contributed by atoms with Crippen LogP contribution in [0.2, 0.25) is 0 Å². The second-order valence-electron chi connectivity index (χ2n) is 5.26. The summed E-state index contributed by atoms with van der Waals surface area (Å²) in [6.45, 7) is 0. The molecule has 0 fully saturated rings. The van der Waals surface area contributed by atoms with Crippen LogP contribution in [0.3, 0.4) is 0 Å². The van der Waals surface area contributed by atoms with Crippen LogP contribution in [0.1, 0.15) is 19.3 Å². The van der Waals surface area contributed by atoms with Crippen molar-refractivity contribution in [2.24, 2.45) is 5.92 Å². The van der Waals surface area contributed by atoms with E-state index in [2.05, 4.69) is 16.1 Å². The summed E-state index contributed by atoms with van der Waals surface area (Å²) in [6.07, 6.45) is 7.67. The molecule has 1 aromatic rings. The molecule has 1 atom stereocenters. The highest BCUT2D eigenvalue weighted by atomic mass is 32.2. The van der Waals surface area contributed by atoms with E-state index in [-0.39, 0.29) is 11.8 Å². The van der Waals surface area contributed by atoms with Crippen molar-refractivity contribution in [1.82, 2.24) is 0 Å². The van der Waals surface area contributed by atoms with Gasteiger partial charge < -0.3 is 10.1 Å². The van der Waals surface area contributed by atoms with Gasteiger partial charge in [0.05, 0.1) is 19.1 Å². The Morgan fingerprint density at radius 2 is 2.09 bits per heavy atom. The van der Waals surface area contributed by atoms with Gasteiger partial charge in [-0.2, -0.15) is 0 Å². The van der Waals surface area contributed by atoms with Crippen LogP contribution in [-0.2, 0) is 14.8 Å². The molecule has 22 heavy (non-hydrogen) atoms. The molecule has 0 bridgehead atoms. The Bertz CT molecular complexity index is 683. The molecule has 0 aromatic heterocycles. The zero-order valence-corrected chi connectivity index (χ0v) is 13.4. The molecule has 0 saturated heterocycles. The van der Waals surface area contributed by atoms with Crippen LogP contribution >= 0.6 is 0 Å². The lowest BCUT2D eigenvalue weighted by atomic mass is 9.93. The fourth-order valence-electron chi connectivity index (χ4n) is 2.33. The number of rotatable bonds is 5. The van der Waals surface area contributed by atoms with Crippen molar-refractivity contribution in [1.29, 1.82) is 0 Å². The van der Waals surface area contributed by atoms with Gasteiger partial charge in [0.15, 0.2) is 0 Å². The van der Waals surface area contributed by atoms with E-state index in [9.17, 15) is 13.2 Å². The summed E-state index contributed by atoms with van der Waals surface area (Å²) >= 11 is 0. The van der Waals surface area contributed by atoms with Crippen molar-refractivity contribution >= 4 is 27.3 Å². The van der Waals surface area contributed by atoms with Gasteiger partial charge in [0.2, 0.25) is 15.9 Å². The van der Waals surface area contributed by atoms with Gasteiger partial charge >= 0.3 is 0 Å². The smallest absolute Gasteiger partial charge is 0.229 e. The monoisotopic (exact) mass is 324 g/mol. The Balaban J connectivity index is 2.12. The Labute approximate surface area is 130 Å². The zero-order chi connectivity index (χ0) is 16.2. The van der Waals surface area contributed by atoms with E-state index in [1.54, 1.807) is 18.2 Å². The largest absolute Gasteiger partial charge is 0.494 e. The van der Waals surface area contributed by atoms with E-state index < -0.39 is 10.0 Å². The SMILES string of the molecule is COc1cc(NC(=O)[C@@H]2CC=CCC2)ccc1NS(C)(=O)=O. The summed E-state index contributed by atoms with van der Waals surface area (Å²) in [5.74, 6) is 0.298. The average molecular weight is 324 g/mol. The number of hydrogen-bond acceptors (Lipinski definition) is 4. The molecule has 120 valence electrons. The van der Waals surface area contributed by atoms with Gasteiger partial charge in [-0.15, -0.1) is 0 Å². The number of carbonyl (C=O) groups excluding carboxylic acids is 1. The van der Waals surface area contributed by atoms with Gasteiger partial charge in [0, 0.05) is 17.7 Å². The number of amides is 1. The normalized spacial score (nSPS) is 17.8. The number of sulfonamides is 1. The molecule has 0 heterocycles. The number of methoxy groups -OCH3 is 1. The molecular formula is C15H20N2O4S. The van der Waals surface area contributed by atoms with Crippen molar-refractivity contribution < 1.29 is 17.9 Å². The first kappa shape index (κ1) is 16.4. The number of anilines is 2. The Morgan fingerprint density at radius 1 is 1.32 bits per heavy atom. The zero-order valence-electron chi connectivity index (χ0n) is 12.6. The molecule has 2 N–H and O–H groups in total. The Morgan fingerprint density at radius 3 is 2.68 bits per heavy atom. The maximum Gasteiger partial charge on any atom is 0.229 e. The third-order valence-corrected chi connectivity index (χ3v) is 3.99. The molecule has 0 saturated carbocycles. The molecule has 1 aliphatic rings. The fraction of sp³-hybridized carbons (Fsp3) is 0.400. The molecule has 0 aliphatic heterocycles. The lowest BCUT2D eigenvalue weighted by Gasteiger charge is -2.18. The number of carbonyl (C=O) groups is 1. The molecule has 0 radical (unpaired) electrons. The maximum absolute atomic E-state index is 12.2. The third-order valence-electron chi connectivity index (χ3n) is 3.40. The molecule has 0 spiro atoms. The van der Waals surface area contributed by atoms with Crippen molar-refractivity contribution in [3.63, 3.8) is 0 Å². The van der Waals surface area contributed by atoms with E-state index in [1.165, 1.54) is 7.11 Å². The van der Waals surface area contributed by atoms with Gasteiger partial charge in [-0.1, -0.05) is 12.2 Å². The Kier molecular flexibility index (Phi) is 5.07. The minimum Gasteiger partial charge on any atom is -0.494 e. The van der Waals surface area contributed by atoms with E-state index in [4.69, 9.17) is 4.74 Å². The summed E-state index contributed by atoms with van der Waals surface area (Å²) in [5, 5.41) is 2.85. The van der Waals surface area contributed by atoms with E-state index >= 15 is 0 Å². The van der Waals surface area contributed by atoms with Crippen molar-refractivity contribution in [2.45, 2.75) is 19.3 Å². The predicted molar refractivity (Wildman–Crippen MR) is 86.6 cm³/mol. The highest BCUT2D eigenvalue weighted by molar-refractivity contribution is 7.92. The second kappa shape index (κ2) is 6.83. The summed E-state index contributed by atoms with van der Waals surface area (Å²) in [4.78, 5) is 12.2. The fourth-order valence-corrected chi connectivity index (χ4v) is 2.90. The van der Waals surface area contributed by atoms with Gasteiger partial charge in [0.1, 0.15) is 5.75 Å². The van der Waals surface area contributed by atoms with Crippen LogP contribution in [0, 0.1) is 5.92 Å². The van der Waals surface area contributed by atoms with Crippen LogP contribution in [0.4, 0.5) is 11.4 Å². The van der Waals surface area contributed by atoms with Crippen LogP contribution in [0.25, 0.3) is 0 Å². The Hall–Kier alpha value is -2.02. The summed E-state index contributed by atoms with van der Waals surface area (Å²) < 4.78 is 30.1. The van der Waals surface area contributed by atoms with Crippen LogP contribution in [0.15, 0.2) is 30.4 Å². The average Bonchev–Trinajstić information content (AvgIpc) is 2.48. The van der Waals surface area contributed by atoms with Crippen molar-refractivity contribution in [2.75, 3.05) is 23.4 Å². The minimum atomic E-state index is -3.39. The quantitative estimate of drug-likeness (QED) is 0.814. The summed E-state index contributed by atoms with van der Waals surface area (Å²) in [6, 6.07) is 4.81. The van der Waals surface area contributed by atoms with Crippen LogP contribution in [0.5, 0.6) is 5.75 Å².